The summed E-state index contributed by atoms with van der Waals surface area (Å²) in [5.41, 5.74) is 3.14. The molecule has 2 aromatic carbocycles. The topological polar surface area (TPSA) is 84.3 Å². The maximum absolute atomic E-state index is 13.0. The third-order valence-electron chi connectivity index (χ3n) is 4.72. The average Bonchev–Trinajstić information content (AvgIpc) is 3.15. The van der Waals surface area contributed by atoms with Crippen molar-refractivity contribution >= 4 is 15.9 Å². The van der Waals surface area contributed by atoms with Crippen LogP contribution in [0.4, 0.5) is 0 Å². The highest BCUT2D eigenvalue weighted by Gasteiger charge is 2.20. The largest absolute Gasteiger partial charge is 0.337 e. The molecule has 0 radical (unpaired) electrons. The zero-order valence-corrected chi connectivity index (χ0v) is 18.2. The number of rotatable bonds is 8. The molecular weight excluding hydrogens is 400 g/mol. The molecule has 0 aliphatic heterocycles. The number of aryl methyl sites for hydroxylation is 1. The molecule has 0 bridgehead atoms. The molecule has 0 spiro atoms. The lowest BCUT2D eigenvalue weighted by molar-refractivity contribution is 0.0784. The first-order valence-electron chi connectivity index (χ1n) is 9.71. The Kier molecular flexibility index (Phi) is 6.69. The summed E-state index contributed by atoms with van der Waals surface area (Å²) < 4.78 is 28.9. The first-order chi connectivity index (χ1) is 14.3. The van der Waals surface area contributed by atoms with E-state index in [1.54, 1.807) is 38.1 Å². The number of carbonyl (C=O) groups excluding carboxylic acids is 1. The van der Waals surface area contributed by atoms with Crippen LogP contribution in [0.5, 0.6) is 0 Å². The van der Waals surface area contributed by atoms with E-state index >= 15 is 0 Å². The van der Waals surface area contributed by atoms with Crippen molar-refractivity contribution in [2.75, 3.05) is 13.6 Å². The van der Waals surface area contributed by atoms with Crippen molar-refractivity contribution in [1.82, 2.24) is 19.4 Å². The van der Waals surface area contributed by atoms with Gasteiger partial charge >= 0.3 is 0 Å². The molecule has 1 N–H and O–H groups in total. The lowest BCUT2D eigenvalue weighted by atomic mass is 10.1. The van der Waals surface area contributed by atoms with Gasteiger partial charge in [-0.05, 0) is 30.2 Å². The zero-order chi connectivity index (χ0) is 21.7. The van der Waals surface area contributed by atoms with E-state index in [0.717, 1.165) is 16.7 Å². The number of nitrogens with zero attached hydrogens (tertiary/aromatic N) is 3. The molecule has 7 nitrogen and oxygen atoms in total. The van der Waals surface area contributed by atoms with E-state index in [1.807, 2.05) is 41.2 Å². The van der Waals surface area contributed by atoms with Crippen molar-refractivity contribution in [3.05, 3.63) is 83.2 Å². The second-order valence-corrected chi connectivity index (χ2v) is 8.94. The molecule has 0 saturated carbocycles. The Morgan fingerprint density at radius 1 is 1.13 bits per heavy atom. The average molecular weight is 427 g/mol. The fourth-order valence-corrected chi connectivity index (χ4v) is 4.24. The minimum absolute atomic E-state index is 0.0855. The molecular formula is C22H26N4O3S. The number of aromatic nitrogens is 2. The number of nitrogens with one attached hydrogen (secondary N) is 1. The SMILES string of the molecule is CCNS(=O)(=O)c1ccc(C)c(C(=O)N(C)Cc2cnn(Cc3ccccc3)c2)c1. The minimum Gasteiger partial charge on any atom is -0.337 e. The van der Waals surface area contributed by atoms with Crippen LogP contribution < -0.4 is 4.72 Å². The van der Waals surface area contributed by atoms with Crippen molar-refractivity contribution in [1.29, 1.82) is 0 Å². The number of hydrogen-bond donors (Lipinski definition) is 1. The van der Waals surface area contributed by atoms with Gasteiger partial charge in [0.15, 0.2) is 0 Å². The molecule has 158 valence electrons. The van der Waals surface area contributed by atoms with Gasteiger partial charge in [0.25, 0.3) is 5.91 Å². The van der Waals surface area contributed by atoms with Crippen LogP contribution in [0.2, 0.25) is 0 Å². The molecule has 3 rings (SSSR count). The van der Waals surface area contributed by atoms with Gasteiger partial charge in [0.05, 0.1) is 17.6 Å². The van der Waals surface area contributed by atoms with Crippen molar-refractivity contribution in [2.45, 2.75) is 31.8 Å². The molecule has 0 saturated heterocycles. The first-order valence-corrected chi connectivity index (χ1v) is 11.2. The molecule has 30 heavy (non-hydrogen) atoms. The van der Waals surface area contributed by atoms with Gasteiger partial charge < -0.3 is 4.90 Å². The highest BCUT2D eigenvalue weighted by Crippen LogP contribution is 2.18. The van der Waals surface area contributed by atoms with Crippen LogP contribution in [0.25, 0.3) is 0 Å². The van der Waals surface area contributed by atoms with Crippen molar-refractivity contribution in [3.63, 3.8) is 0 Å². The summed E-state index contributed by atoms with van der Waals surface area (Å²) in [5.74, 6) is -0.239. The summed E-state index contributed by atoms with van der Waals surface area (Å²) in [6, 6.07) is 14.6. The van der Waals surface area contributed by atoms with Gasteiger partial charge in [-0.3, -0.25) is 9.48 Å². The van der Waals surface area contributed by atoms with E-state index in [4.69, 9.17) is 0 Å². The molecule has 0 aliphatic carbocycles. The maximum Gasteiger partial charge on any atom is 0.254 e. The lowest BCUT2D eigenvalue weighted by Gasteiger charge is -2.18. The van der Waals surface area contributed by atoms with Gasteiger partial charge in [0, 0.05) is 37.5 Å². The molecule has 3 aromatic rings. The molecule has 0 aliphatic rings. The summed E-state index contributed by atoms with van der Waals surface area (Å²) >= 11 is 0. The normalized spacial score (nSPS) is 11.4. The summed E-state index contributed by atoms with van der Waals surface area (Å²) in [6.45, 7) is 4.82. The summed E-state index contributed by atoms with van der Waals surface area (Å²) in [6.07, 6.45) is 3.65. The molecule has 8 heteroatoms. The zero-order valence-electron chi connectivity index (χ0n) is 17.4. The Balaban J connectivity index is 1.73. The van der Waals surface area contributed by atoms with Crippen LogP contribution in [0.1, 0.15) is 34.0 Å². The Bertz CT molecular complexity index is 1120. The molecule has 1 amide bonds. The van der Waals surface area contributed by atoms with Gasteiger partial charge in [0.1, 0.15) is 0 Å². The third kappa shape index (κ3) is 5.14. The number of benzene rings is 2. The van der Waals surface area contributed by atoms with E-state index in [1.165, 1.54) is 12.1 Å². The number of hydrogen-bond acceptors (Lipinski definition) is 4. The first kappa shape index (κ1) is 21.7. The summed E-state index contributed by atoms with van der Waals surface area (Å²) in [4.78, 5) is 14.6. The fraction of sp³-hybridized carbons (Fsp3) is 0.273. The van der Waals surface area contributed by atoms with E-state index in [-0.39, 0.29) is 17.3 Å². The van der Waals surface area contributed by atoms with Crippen molar-refractivity contribution < 1.29 is 13.2 Å². The van der Waals surface area contributed by atoms with Crippen LogP contribution in [0.3, 0.4) is 0 Å². The molecule has 1 heterocycles. The van der Waals surface area contributed by atoms with Gasteiger partial charge in [0.2, 0.25) is 10.0 Å². The highest BCUT2D eigenvalue weighted by atomic mass is 32.2. The van der Waals surface area contributed by atoms with Crippen LogP contribution in [-0.4, -0.2) is 42.6 Å². The van der Waals surface area contributed by atoms with Crippen LogP contribution in [-0.2, 0) is 23.1 Å². The van der Waals surface area contributed by atoms with E-state index < -0.39 is 10.0 Å². The Hall–Kier alpha value is -2.97. The predicted octanol–water partition coefficient (Wildman–Crippen LogP) is 2.81. The number of sulfonamides is 1. The smallest absolute Gasteiger partial charge is 0.254 e. The van der Waals surface area contributed by atoms with Gasteiger partial charge in [-0.2, -0.15) is 5.10 Å². The Morgan fingerprint density at radius 2 is 1.87 bits per heavy atom. The lowest BCUT2D eigenvalue weighted by Crippen LogP contribution is -2.28. The molecule has 0 atom stereocenters. The van der Waals surface area contributed by atoms with Gasteiger partial charge in [-0.1, -0.05) is 43.3 Å². The van der Waals surface area contributed by atoms with Crippen LogP contribution >= 0.6 is 0 Å². The molecule has 0 unspecified atom stereocenters. The predicted molar refractivity (Wildman–Crippen MR) is 116 cm³/mol. The van der Waals surface area contributed by atoms with E-state index in [2.05, 4.69) is 9.82 Å². The Morgan fingerprint density at radius 3 is 2.57 bits per heavy atom. The summed E-state index contributed by atoms with van der Waals surface area (Å²) in [5, 5.41) is 4.37. The second-order valence-electron chi connectivity index (χ2n) is 7.17. The number of carbonyl (C=O) groups is 1. The van der Waals surface area contributed by atoms with E-state index in [9.17, 15) is 13.2 Å². The highest BCUT2D eigenvalue weighted by molar-refractivity contribution is 7.89. The quantitative estimate of drug-likeness (QED) is 0.600. The maximum atomic E-state index is 13.0. The minimum atomic E-state index is -3.63. The van der Waals surface area contributed by atoms with Gasteiger partial charge in [-0.25, -0.2) is 13.1 Å². The number of amides is 1. The van der Waals surface area contributed by atoms with Crippen LogP contribution in [0, 0.1) is 6.92 Å². The van der Waals surface area contributed by atoms with Crippen LogP contribution in [0.15, 0.2) is 65.8 Å². The Labute approximate surface area is 177 Å². The molecule has 0 fully saturated rings. The van der Waals surface area contributed by atoms with Crippen molar-refractivity contribution in [3.8, 4) is 0 Å². The van der Waals surface area contributed by atoms with Gasteiger partial charge in [-0.15, -0.1) is 0 Å². The second kappa shape index (κ2) is 9.23. The van der Waals surface area contributed by atoms with E-state index in [0.29, 0.717) is 18.7 Å². The van der Waals surface area contributed by atoms with Crippen molar-refractivity contribution in [2.24, 2.45) is 0 Å². The third-order valence-corrected chi connectivity index (χ3v) is 6.27. The standard InChI is InChI=1S/C22H26N4O3S/c1-4-24-30(28,29)20-11-10-17(2)21(12-20)22(27)25(3)14-19-13-23-26(16-19)15-18-8-6-5-7-9-18/h5-13,16,24H,4,14-15H2,1-3H3. The monoisotopic (exact) mass is 426 g/mol. The fourth-order valence-electron chi connectivity index (χ4n) is 3.17. The summed E-state index contributed by atoms with van der Waals surface area (Å²) in [7, 11) is -1.93. The molecule has 1 aromatic heterocycles.